The number of carbonyl (C=O) groups excluding carboxylic acids is 1. The molecule has 0 bridgehead atoms. The number of amides is 1. The number of nitrogens with zero attached hydrogens (tertiary/aromatic N) is 2. The van der Waals surface area contributed by atoms with Gasteiger partial charge in [-0.3, -0.25) is 9.78 Å². The van der Waals surface area contributed by atoms with Crippen LogP contribution >= 0.6 is 0 Å². The molecule has 2 saturated heterocycles. The number of hydrogen-bond acceptors (Lipinski definition) is 5. The van der Waals surface area contributed by atoms with Crippen LogP contribution in [0.5, 0.6) is 0 Å². The standard InChI is InChI=1S/C22H23F4N3O4S/c1-2-34(31,32)28-20-18(29(12-22(20,25)26)21(30)19-6-7-33-19)11-16-4-3-5-17(27-16)13-8-14(23)10-15(24)9-13/h3-5,8-10,18-20,28H,2,6-7,11-12H2,1H3. The minimum Gasteiger partial charge on any atom is -0.368 e. The molecule has 1 aromatic carbocycles. The molecule has 3 unspecified atom stereocenters. The molecule has 1 aromatic heterocycles. The van der Waals surface area contributed by atoms with E-state index >= 15 is 0 Å². The van der Waals surface area contributed by atoms with Crippen LogP contribution in [-0.4, -0.2) is 67.2 Å². The number of ether oxygens (including phenoxy) is 1. The van der Waals surface area contributed by atoms with E-state index in [1.165, 1.54) is 19.1 Å². The predicted molar refractivity (Wildman–Crippen MR) is 114 cm³/mol. The predicted octanol–water partition coefficient (Wildman–Crippen LogP) is 2.51. The van der Waals surface area contributed by atoms with Crippen molar-refractivity contribution in [3.05, 3.63) is 53.7 Å². The fourth-order valence-corrected chi connectivity index (χ4v) is 4.98. The Kier molecular flexibility index (Phi) is 6.67. The summed E-state index contributed by atoms with van der Waals surface area (Å²) in [7, 11) is -4.02. The van der Waals surface area contributed by atoms with Crippen LogP contribution in [0.1, 0.15) is 19.0 Å². The molecule has 7 nitrogen and oxygen atoms in total. The summed E-state index contributed by atoms with van der Waals surface area (Å²) in [6, 6.07) is 4.32. The molecule has 2 fully saturated rings. The Morgan fingerprint density at radius 3 is 2.50 bits per heavy atom. The third-order valence-electron chi connectivity index (χ3n) is 5.95. The van der Waals surface area contributed by atoms with Crippen molar-refractivity contribution in [2.75, 3.05) is 18.9 Å². The smallest absolute Gasteiger partial charge is 0.283 e. The van der Waals surface area contributed by atoms with Crippen molar-refractivity contribution in [2.24, 2.45) is 0 Å². The molecule has 0 radical (unpaired) electrons. The molecule has 2 aliphatic heterocycles. The number of carbonyl (C=O) groups is 1. The molecule has 0 aliphatic carbocycles. The van der Waals surface area contributed by atoms with Gasteiger partial charge in [-0.1, -0.05) is 6.07 Å². The number of halogens is 4. The summed E-state index contributed by atoms with van der Waals surface area (Å²) in [5.41, 5.74) is 0.597. The van der Waals surface area contributed by atoms with Crippen molar-refractivity contribution >= 4 is 15.9 Å². The molecule has 3 atom stereocenters. The van der Waals surface area contributed by atoms with Crippen LogP contribution in [-0.2, 0) is 26.0 Å². The third-order valence-corrected chi connectivity index (χ3v) is 7.32. The second kappa shape index (κ2) is 9.23. The molecule has 34 heavy (non-hydrogen) atoms. The lowest BCUT2D eigenvalue weighted by molar-refractivity contribution is -0.158. The van der Waals surface area contributed by atoms with E-state index < -0.39 is 64.0 Å². The molecular formula is C22H23F4N3O4S. The quantitative estimate of drug-likeness (QED) is 0.589. The maximum Gasteiger partial charge on any atom is 0.283 e. The molecule has 0 saturated carbocycles. The maximum absolute atomic E-state index is 15.0. The minimum absolute atomic E-state index is 0.148. The van der Waals surface area contributed by atoms with Crippen LogP contribution in [0.3, 0.4) is 0 Å². The van der Waals surface area contributed by atoms with Gasteiger partial charge < -0.3 is 9.64 Å². The van der Waals surface area contributed by atoms with Crippen LogP contribution in [0.25, 0.3) is 11.3 Å². The van der Waals surface area contributed by atoms with Gasteiger partial charge in [0.25, 0.3) is 11.8 Å². The van der Waals surface area contributed by atoms with E-state index in [-0.39, 0.29) is 23.4 Å². The van der Waals surface area contributed by atoms with Gasteiger partial charge in [-0.05, 0) is 31.2 Å². The second-order valence-electron chi connectivity index (χ2n) is 8.32. The SMILES string of the molecule is CCS(=O)(=O)NC1C(Cc2cccc(-c3cc(F)cc(F)c3)n2)N(C(=O)C2CCO2)CC1(F)F. The lowest BCUT2D eigenvalue weighted by Gasteiger charge is -2.33. The second-order valence-corrected chi connectivity index (χ2v) is 10.4. The van der Waals surface area contributed by atoms with Gasteiger partial charge in [-0.25, -0.2) is 30.7 Å². The lowest BCUT2D eigenvalue weighted by atomic mass is 10.0. The summed E-state index contributed by atoms with van der Waals surface area (Å²) in [5, 5.41) is 0. The summed E-state index contributed by atoms with van der Waals surface area (Å²) in [4.78, 5) is 18.1. The van der Waals surface area contributed by atoms with Gasteiger partial charge in [0.1, 0.15) is 23.8 Å². The van der Waals surface area contributed by atoms with Crippen LogP contribution in [0.4, 0.5) is 17.6 Å². The minimum atomic E-state index is -4.02. The zero-order chi connectivity index (χ0) is 24.7. The fourth-order valence-electron chi connectivity index (χ4n) is 4.10. The third kappa shape index (κ3) is 5.08. The highest BCUT2D eigenvalue weighted by Gasteiger charge is 2.58. The average molecular weight is 502 g/mol. The van der Waals surface area contributed by atoms with Crippen molar-refractivity contribution in [3.8, 4) is 11.3 Å². The number of benzene rings is 1. The Bertz CT molecular complexity index is 1170. The zero-order valence-electron chi connectivity index (χ0n) is 18.2. The summed E-state index contributed by atoms with van der Waals surface area (Å²) in [5.74, 6) is -6.19. The Labute approximate surface area is 194 Å². The summed E-state index contributed by atoms with van der Waals surface area (Å²) in [6.45, 7) is 0.686. The summed E-state index contributed by atoms with van der Waals surface area (Å²) in [6.07, 6.45) is -0.677. The molecule has 3 heterocycles. The average Bonchev–Trinajstić information content (AvgIpc) is 2.96. The van der Waals surface area contributed by atoms with Gasteiger partial charge >= 0.3 is 0 Å². The van der Waals surface area contributed by atoms with Gasteiger partial charge in [0, 0.05) is 30.2 Å². The first-order valence-electron chi connectivity index (χ1n) is 10.7. The molecule has 1 N–H and O–H groups in total. The van der Waals surface area contributed by atoms with E-state index in [0.717, 1.165) is 17.0 Å². The maximum atomic E-state index is 15.0. The molecule has 0 spiro atoms. The van der Waals surface area contributed by atoms with Gasteiger partial charge in [0.2, 0.25) is 10.0 Å². The summed E-state index contributed by atoms with van der Waals surface area (Å²) < 4.78 is 88.8. The monoisotopic (exact) mass is 501 g/mol. The van der Waals surface area contributed by atoms with Crippen LogP contribution in [0.2, 0.25) is 0 Å². The van der Waals surface area contributed by atoms with Crippen molar-refractivity contribution in [1.82, 2.24) is 14.6 Å². The van der Waals surface area contributed by atoms with Crippen LogP contribution in [0.15, 0.2) is 36.4 Å². The van der Waals surface area contributed by atoms with E-state index in [2.05, 4.69) is 4.98 Å². The Hall–Kier alpha value is -2.57. The highest BCUT2D eigenvalue weighted by molar-refractivity contribution is 7.89. The number of likely N-dealkylation sites (tertiary alicyclic amines) is 1. The summed E-state index contributed by atoms with van der Waals surface area (Å²) >= 11 is 0. The molecule has 12 heteroatoms. The highest BCUT2D eigenvalue weighted by Crippen LogP contribution is 2.36. The number of nitrogens with one attached hydrogen (secondary N) is 1. The van der Waals surface area contributed by atoms with Crippen LogP contribution < -0.4 is 4.72 Å². The first-order valence-corrected chi connectivity index (χ1v) is 12.4. The van der Waals surface area contributed by atoms with E-state index in [0.29, 0.717) is 19.1 Å². The first kappa shape index (κ1) is 24.6. The van der Waals surface area contributed by atoms with E-state index in [1.54, 1.807) is 6.07 Å². The molecule has 2 aliphatic rings. The number of sulfonamides is 1. The number of rotatable bonds is 7. The number of hydrogen-bond donors (Lipinski definition) is 1. The van der Waals surface area contributed by atoms with Crippen molar-refractivity contribution in [3.63, 3.8) is 0 Å². The Morgan fingerprint density at radius 2 is 1.91 bits per heavy atom. The molecule has 4 rings (SSSR count). The molecule has 184 valence electrons. The molecular weight excluding hydrogens is 478 g/mol. The van der Waals surface area contributed by atoms with E-state index in [9.17, 15) is 30.8 Å². The van der Waals surface area contributed by atoms with Gasteiger partial charge in [-0.15, -0.1) is 0 Å². The number of alkyl halides is 2. The molecule has 1 amide bonds. The van der Waals surface area contributed by atoms with E-state index in [4.69, 9.17) is 4.74 Å². The topological polar surface area (TPSA) is 88.6 Å². The zero-order valence-corrected chi connectivity index (χ0v) is 19.0. The highest BCUT2D eigenvalue weighted by atomic mass is 32.2. The van der Waals surface area contributed by atoms with Gasteiger partial charge in [-0.2, -0.15) is 0 Å². The molecule has 2 aromatic rings. The fraction of sp³-hybridized carbons (Fsp3) is 0.455. The normalized spacial score (nSPS) is 24.1. The largest absolute Gasteiger partial charge is 0.368 e. The Morgan fingerprint density at radius 1 is 1.24 bits per heavy atom. The van der Waals surface area contributed by atoms with Crippen molar-refractivity contribution in [1.29, 1.82) is 0 Å². The lowest BCUT2D eigenvalue weighted by Crippen LogP contribution is -2.54. The number of pyridine rings is 1. The van der Waals surface area contributed by atoms with Gasteiger partial charge in [0.15, 0.2) is 0 Å². The first-order chi connectivity index (χ1) is 16.0. The number of aromatic nitrogens is 1. The van der Waals surface area contributed by atoms with Gasteiger partial charge in [0.05, 0.1) is 30.6 Å². The van der Waals surface area contributed by atoms with Crippen molar-refractivity contribution < 1.29 is 35.5 Å². The van der Waals surface area contributed by atoms with Crippen molar-refractivity contribution in [2.45, 2.75) is 43.9 Å². The van der Waals surface area contributed by atoms with E-state index in [1.807, 2.05) is 4.72 Å². The Balaban J connectivity index is 1.68. The van der Waals surface area contributed by atoms with Crippen LogP contribution in [0, 0.1) is 11.6 Å².